The van der Waals surface area contributed by atoms with E-state index < -0.39 is 5.97 Å². The van der Waals surface area contributed by atoms with Gasteiger partial charge in [-0.3, -0.25) is 14.2 Å². The van der Waals surface area contributed by atoms with Crippen LogP contribution in [0.1, 0.15) is 12.8 Å². The third-order valence-electron chi connectivity index (χ3n) is 3.80. The standard InChI is InChI=1S/C18H17ClN4O3.K.H/c19-13-7-5-12(6-8-13)17-22-14-3-1-10-21-18(14)23(17)11-15(24)20-9-2-4-16(25)26;;/h1,3,5-8,10H,2,4,9,11H2,(H,20,24)(H,25,26);;. The molecule has 3 rings (SSSR count). The van der Waals surface area contributed by atoms with Crippen LogP contribution < -0.4 is 5.32 Å². The first-order valence-electron chi connectivity index (χ1n) is 8.10. The van der Waals surface area contributed by atoms with Crippen LogP contribution in [0, 0.1) is 0 Å². The predicted molar refractivity (Wildman–Crippen MR) is 105 cm³/mol. The molecular formula is C18H18ClKN4O3. The summed E-state index contributed by atoms with van der Waals surface area (Å²) in [6.45, 7) is 0.347. The van der Waals surface area contributed by atoms with Gasteiger partial charge < -0.3 is 10.4 Å². The Morgan fingerprint density at radius 1 is 1.19 bits per heavy atom. The molecule has 1 aromatic carbocycles. The first kappa shape index (κ1) is 22.0. The molecular weight excluding hydrogens is 395 g/mol. The summed E-state index contributed by atoms with van der Waals surface area (Å²) in [7, 11) is 0. The quantitative estimate of drug-likeness (QED) is 0.457. The number of nitrogens with zero attached hydrogens (tertiary/aromatic N) is 3. The van der Waals surface area contributed by atoms with E-state index in [0.717, 1.165) is 5.56 Å². The number of carboxylic acid groups (broad SMARTS) is 1. The summed E-state index contributed by atoms with van der Waals surface area (Å²) in [5.41, 5.74) is 2.13. The van der Waals surface area contributed by atoms with Crippen LogP contribution in [0.4, 0.5) is 0 Å². The Hall–Kier alpha value is -1.29. The Balaban J connectivity index is 0.00000261. The average molecular weight is 413 g/mol. The molecule has 0 fully saturated rings. The number of carbonyl (C=O) groups excluding carboxylic acids is 1. The summed E-state index contributed by atoms with van der Waals surface area (Å²) < 4.78 is 1.74. The van der Waals surface area contributed by atoms with Gasteiger partial charge in [0.15, 0.2) is 5.65 Å². The van der Waals surface area contributed by atoms with E-state index in [2.05, 4.69) is 15.3 Å². The van der Waals surface area contributed by atoms with E-state index in [1.165, 1.54) is 0 Å². The second-order valence-corrected chi connectivity index (χ2v) is 6.16. The number of hydrogen-bond acceptors (Lipinski definition) is 4. The number of rotatable bonds is 7. The van der Waals surface area contributed by atoms with Gasteiger partial charge in [0.1, 0.15) is 17.9 Å². The number of hydrogen-bond donors (Lipinski definition) is 2. The minimum atomic E-state index is -0.880. The van der Waals surface area contributed by atoms with Crippen LogP contribution in [0.2, 0.25) is 5.02 Å². The number of fused-ring (bicyclic) bond motifs is 1. The molecule has 2 aromatic heterocycles. The summed E-state index contributed by atoms with van der Waals surface area (Å²) in [6, 6.07) is 10.8. The van der Waals surface area contributed by atoms with Gasteiger partial charge in [-0.25, -0.2) is 9.97 Å². The topological polar surface area (TPSA) is 97.1 Å². The van der Waals surface area contributed by atoms with E-state index in [9.17, 15) is 9.59 Å². The Morgan fingerprint density at radius 3 is 2.63 bits per heavy atom. The van der Waals surface area contributed by atoms with Crippen LogP contribution in [0.3, 0.4) is 0 Å². The van der Waals surface area contributed by atoms with Crippen LogP contribution in [0.25, 0.3) is 22.6 Å². The monoisotopic (exact) mass is 412 g/mol. The number of aromatic nitrogens is 3. The van der Waals surface area contributed by atoms with E-state index >= 15 is 0 Å². The number of benzene rings is 1. The number of imidazole rings is 1. The molecule has 7 nitrogen and oxygen atoms in total. The summed E-state index contributed by atoms with van der Waals surface area (Å²) in [4.78, 5) is 31.7. The van der Waals surface area contributed by atoms with Crippen molar-refractivity contribution < 1.29 is 14.7 Å². The van der Waals surface area contributed by atoms with Crippen molar-refractivity contribution in [3.63, 3.8) is 0 Å². The van der Waals surface area contributed by atoms with Crippen LogP contribution in [0.15, 0.2) is 42.6 Å². The van der Waals surface area contributed by atoms with Gasteiger partial charge in [0.2, 0.25) is 5.91 Å². The van der Waals surface area contributed by atoms with Crippen LogP contribution in [-0.4, -0.2) is 89.4 Å². The second-order valence-electron chi connectivity index (χ2n) is 5.72. The Kier molecular flexibility index (Phi) is 8.40. The van der Waals surface area contributed by atoms with Crippen molar-refractivity contribution in [3.05, 3.63) is 47.6 Å². The zero-order valence-corrected chi connectivity index (χ0v) is 14.6. The van der Waals surface area contributed by atoms with Crippen molar-refractivity contribution in [1.29, 1.82) is 0 Å². The van der Waals surface area contributed by atoms with Crippen molar-refractivity contribution in [1.82, 2.24) is 19.9 Å². The molecule has 3 aromatic rings. The number of halogens is 1. The summed E-state index contributed by atoms with van der Waals surface area (Å²) in [6.07, 6.45) is 2.05. The van der Waals surface area contributed by atoms with Gasteiger partial charge in [0, 0.05) is 29.7 Å². The molecule has 2 N–H and O–H groups in total. The number of aliphatic carboxylic acids is 1. The molecule has 1 amide bonds. The molecule has 0 atom stereocenters. The van der Waals surface area contributed by atoms with Gasteiger partial charge in [-0.15, -0.1) is 0 Å². The molecule has 27 heavy (non-hydrogen) atoms. The fourth-order valence-electron chi connectivity index (χ4n) is 2.59. The van der Waals surface area contributed by atoms with Gasteiger partial charge in [0.25, 0.3) is 0 Å². The van der Waals surface area contributed by atoms with E-state index in [1.54, 1.807) is 29.0 Å². The predicted octanol–water partition coefficient (Wildman–Crippen LogP) is 2.08. The molecule has 136 valence electrons. The van der Waals surface area contributed by atoms with Crippen molar-refractivity contribution in [2.75, 3.05) is 6.54 Å². The molecule has 0 radical (unpaired) electrons. The van der Waals surface area contributed by atoms with Gasteiger partial charge in [-0.1, -0.05) is 11.6 Å². The number of nitrogens with one attached hydrogen (secondary N) is 1. The molecule has 9 heteroatoms. The van der Waals surface area contributed by atoms with Crippen molar-refractivity contribution in [2.24, 2.45) is 0 Å². The third-order valence-corrected chi connectivity index (χ3v) is 4.05. The van der Waals surface area contributed by atoms with Crippen molar-refractivity contribution in [3.8, 4) is 11.4 Å². The van der Waals surface area contributed by atoms with E-state index in [4.69, 9.17) is 16.7 Å². The average Bonchev–Trinajstić information content (AvgIpc) is 2.98. The zero-order chi connectivity index (χ0) is 18.5. The number of carbonyl (C=O) groups is 2. The number of carboxylic acids is 1. The van der Waals surface area contributed by atoms with E-state index in [0.29, 0.717) is 35.0 Å². The van der Waals surface area contributed by atoms with E-state index in [-0.39, 0.29) is 70.3 Å². The minimum absolute atomic E-state index is 0. The summed E-state index contributed by atoms with van der Waals surface area (Å²) in [5, 5.41) is 12.0. The van der Waals surface area contributed by atoms with Gasteiger partial charge in [-0.05, 0) is 42.8 Å². The number of pyridine rings is 1. The first-order chi connectivity index (χ1) is 12.5. The Labute approximate surface area is 203 Å². The molecule has 0 saturated carbocycles. The second kappa shape index (κ2) is 10.3. The molecule has 0 aliphatic carbocycles. The fraction of sp³-hybridized carbons (Fsp3) is 0.222. The Bertz CT molecular complexity index is 943. The van der Waals surface area contributed by atoms with Crippen LogP contribution in [0.5, 0.6) is 0 Å². The van der Waals surface area contributed by atoms with Crippen LogP contribution >= 0.6 is 11.6 Å². The molecule has 0 spiro atoms. The number of amides is 1. The third kappa shape index (κ3) is 5.84. The molecule has 0 bridgehead atoms. The molecule has 2 heterocycles. The molecule has 0 unspecified atom stereocenters. The maximum absolute atomic E-state index is 12.3. The van der Waals surface area contributed by atoms with Gasteiger partial charge in [-0.2, -0.15) is 0 Å². The van der Waals surface area contributed by atoms with Gasteiger partial charge >= 0.3 is 57.4 Å². The molecule has 0 aliphatic rings. The van der Waals surface area contributed by atoms with Crippen LogP contribution in [-0.2, 0) is 16.1 Å². The summed E-state index contributed by atoms with van der Waals surface area (Å²) >= 11 is 5.95. The SMILES string of the molecule is O=C(O)CCCNC(=O)Cn1c(-c2ccc(Cl)cc2)nc2cccnc21.[KH]. The van der Waals surface area contributed by atoms with Crippen molar-refractivity contribution in [2.45, 2.75) is 19.4 Å². The van der Waals surface area contributed by atoms with Gasteiger partial charge in [0.05, 0.1) is 0 Å². The Morgan fingerprint density at radius 2 is 1.93 bits per heavy atom. The normalized spacial score (nSPS) is 10.4. The fourth-order valence-corrected chi connectivity index (χ4v) is 2.72. The van der Waals surface area contributed by atoms with E-state index in [1.807, 2.05) is 18.2 Å². The molecule has 0 saturated heterocycles. The van der Waals surface area contributed by atoms with Crippen molar-refractivity contribution >= 4 is 86.0 Å². The zero-order valence-electron chi connectivity index (χ0n) is 13.9. The molecule has 0 aliphatic heterocycles. The maximum atomic E-state index is 12.3. The first-order valence-corrected chi connectivity index (χ1v) is 8.48. The summed E-state index contributed by atoms with van der Waals surface area (Å²) in [5.74, 6) is -0.485.